The van der Waals surface area contributed by atoms with Gasteiger partial charge >= 0.3 is 0 Å². The van der Waals surface area contributed by atoms with E-state index in [9.17, 15) is 19.8 Å². The molecule has 1 amide bonds. The standard InChI is InChI=1S/C16H17NO4S2/c18-12-6-4-5-11(9-12)10-13-15(21)17(16(22)23-13)8-3-1-2-7-14(19)20/h4-6,9-10,18H,1-3,7-8H2,(H,19,20)/p-1/b13-10+. The maximum Gasteiger partial charge on any atom is 0.266 e. The molecule has 23 heavy (non-hydrogen) atoms. The molecule has 1 fully saturated rings. The highest BCUT2D eigenvalue weighted by Crippen LogP contribution is 2.33. The summed E-state index contributed by atoms with van der Waals surface area (Å²) in [7, 11) is 0. The van der Waals surface area contributed by atoms with Crippen LogP contribution in [0, 0.1) is 0 Å². The Bertz CT molecular complexity index is 657. The number of phenols is 1. The largest absolute Gasteiger partial charge is 0.550 e. The van der Waals surface area contributed by atoms with E-state index in [2.05, 4.69) is 0 Å². The van der Waals surface area contributed by atoms with Crippen molar-refractivity contribution in [2.75, 3.05) is 6.54 Å². The Morgan fingerprint density at radius 2 is 2.13 bits per heavy atom. The van der Waals surface area contributed by atoms with E-state index in [1.807, 2.05) is 0 Å². The molecule has 0 bridgehead atoms. The molecule has 0 aliphatic carbocycles. The van der Waals surface area contributed by atoms with Crippen LogP contribution >= 0.6 is 24.0 Å². The first kappa shape index (κ1) is 17.5. The zero-order valence-electron chi connectivity index (χ0n) is 12.4. The van der Waals surface area contributed by atoms with Crippen LogP contribution in [0.2, 0.25) is 0 Å². The average molecular weight is 350 g/mol. The molecule has 0 atom stereocenters. The summed E-state index contributed by atoms with van der Waals surface area (Å²) in [6.45, 7) is 0.481. The zero-order chi connectivity index (χ0) is 16.8. The minimum Gasteiger partial charge on any atom is -0.550 e. The number of aromatic hydroxyl groups is 1. The van der Waals surface area contributed by atoms with Gasteiger partial charge in [0.15, 0.2) is 0 Å². The molecule has 1 N–H and O–H groups in total. The van der Waals surface area contributed by atoms with Gasteiger partial charge < -0.3 is 15.0 Å². The molecule has 122 valence electrons. The lowest BCUT2D eigenvalue weighted by atomic mass is 10.2. The number of hydrogen-bond donors (Lipinski definition) is 1. The number of rotatable bonds is 7. The summed E-state index contributed by atoms with van der Waals surface area (Å²) in [5, 5.41) is 19.8. The summed E-state index contributed by atoms with van der Waals surface area (Å²) in [5.74, 6) is -1.06. The summed E-state index contributed by atoms with van der Waals surface area (Å²) >= 11 is 6.46. The van der Waals surface area contributed by atoms with Crippen LogP contribution in [0.15, 0.2) is 29.2 Å². The van der Waals surface area contributed by atoms with Crippen molar-refractivity contribution in [3.8, 4) is 5.75 Å². The summed E-state index contributed by atoms with van der Waals surface area (Å²) in [4.78, 5) is 24.8. The molecule has 5 nitrogen and oxygen atoms in total. The lowest BCUT2D eigenvalue weighted by Gasteiger charge is -2.14. The summed E-state index contributed by atoms with van der Waals surface area (Å²) in [6.07, 6.45) is 3.68. The molecule has 2 rings (SSSR count). The first-order valence-electron chi connectivity index (χ1n) is 7.21. The second-order valence-electron chi connectivity index (χ2n) is 5.11. The third kappa shape index (κ3) is 5.07. The molecule has 1 aromatic carbocycles. The van der Waals surface area contributed by atoms with Crippen LogP contribution in [0.4, 0.5) is 0 Å². The number of unbranched alkanes of at least 4 members (excludes halogenated alkanes) is 2. The molecule has 1 aliphatic heterocycles. The molecule has 0 unspecified atom stereocenters. The highest BCUT2D eigenvalue weighted by Gasteiger charge is 2.31. The summed E-state index contributed by atoms with van der Waals surface area (Å²) < 4.78 is 0.501. The maximum absolute atomic E-state index is 12.4. The highest BCUT2D eigenvalue weighted by molar-refractivity contribution is 8.26. The summed E-state index contributed by atoms with van der Waals surface area (Å²) in [5.41, 5.74) is 0.736. The Morgan fingerprint density at radius 3 is 2.83 bits per heavy atom. The average Bonchev–Trinajstić information content (AvgIpc) is 2.74. The minimum atomic E-state index is -1.05. The lowest BCUT2D eigenvalue weighted by Crippen LogP contribution is -2.29. The predicted octanol–water partition coefficient (Wildman–Crippen LogP) is 1.90. The van der Waals surface area contributed by atoms with E-state index in [0.717, 1.165) is 5.56 Å². The Kier molecular flexibility index (Phi) is 6.18. The van der Waals surface area contributed by atoms with Crippen LogP contribution in [0.1, 0.15) is 31.2 Å². The predicted molar refractivity (Wildman–Crippen MR) is 91.5 cm³/mol. The van der Waals surface area contributed by atoms with Crippen molar-refractivity contribution in [1.82, 2.24) is 4.90 Å². The number of thioether (sulfide) groups is 1. The van der Waals surface area contributed by atoms with Crippen molar-refractivity contribution >= 4 is 46.3 Å². The van der Waals surface area contributed by atoms with Gasteiger partial charge in [-0.2, -0.15) is 0 Å². The number of phenolic OH excluding ortho intramolecular Hbond substituents is 1. The smallest absolute Gasteiger partial charge is 0.266 e. The van der Waals surface area contributed by atoms with E-state index < -0.39 is 5.97 Å². The Labute approximate surface area is 144 Å². The van der Waals surface area contributed by atoms with Crippen molar-refractivity contribution in [1.29, 1.82) is 0 Å². The van der Waals surface area contributed by atoms with Gasteiger partial charge in [-0.15, -0.1) is 0 Å². The first-order valence-corrected chi connectivity index (χ1v) is 8.44. The molecule has 7 heteroatoms. The van der Waals surface area contributed by atoms with Crippen LogP contribution in [0.5, 0.6) is 5.75 Å². The second-order valence-corrected chi connectivity index (χ2v) is 6.79. The quantitative estimate of drug-likeness (QED) is 0.460. The van der Waals surface area contributed by atoms with E-state index in [1.54, 1.807) is 30.3 Å². The number of carbonyl (C=O) groups excluding carboxylic acids is 2. The third-order valence-corrected chi connectivity index (χ3v) is 4.68. The first-order chi connectivity index (χ1) is 11.0. The number of hydrogen-bond acceptors (Lipinski definition) is 6. The van der Waals surface area contributed by atoms with Crippen molar-refractivity contribution < 1.29 is 19.8 Å². The number of carboxylic acid groups (broad SMARTS) is 1. The second kappa shape index (κ2) is 8.12. The van der Waals surface area contributed by atoms with Crippen LogP contribution in [-0.4, -0.2) is 32.7 Å². The molecular weight excluding hydrogens is 334 g/mol. The van der Waals surface area contributed by atoms with Crippen molar-refractivity contribution in [2.24, 2.45) is 0 Å². The number of carboxylic acids is 1. The van der Waals surface area contributed by atoms with E-state index in [0.29, 0.717) is 35.0 Å². The van der Waals surface area contributed by atoms with Gasteiger partial charge in [0.25, 0.3) is 5.91 Å². The fourth-order valence-electron chi connectivity index (χ4n) is 2.17. The van der Waals surface area contributed by atoms with Gasteiger partial charge in [0.2, 0.25) is 0 Å². The topological polar surface area (TPSA) is 80.7 Å². The van der Waals surface area contributed by atoms with Gasteiger partial charge in [0.1, 0.15) is 10.1 Å². The number of thiocarbonyl (C=S) groups is 1. The van der Waals surface area contributed by atoms with E-state index in [1.165, 1.54) is 16.7 Å². The normalized spacial score (nSPS) is 16.3. The SMILES string of the molecule is O=C([O-])CCCCCN1C(=O)/C(=C\c2cccc(O)c2)SC1=S. The number of carbonyl (C=O) groups is 2. The molecule has 0 radical (unpaired) electrons. The molecular formula is C16H16NO4S2-. The highest BCUT2D eigenvalue weighted by atomic mass is 32.2. The number of nitrogens with zero attached hydrogens (tertiary/aromatic N) is 1. The van der Waals surface area contributed by atoms with Crippen molar-refractivity contribution in [3.05, 3.63) is 34.7 Å². The van der Waals surface area contributed by atoms with Crippen LogP contribution in [0.25, 0.3) is 6.08 Å². The van der Waals surface area contributed by atoms with Gasteiger partial charge in [-0.3, -0.25) is 9.69 Å². The molecule has 0 spiro atoms. The summed E-state index contributed by atoms with van der Waals surface area (Å²) in [6, 6.07) is 6.65. The number of benzene rings is 1. The van der Waals surface area contributed by atoms with E-state index in [-0.39, 0.29) is 18.1 Å². The molecule has 1 saturated heterocycles. The maximum atomic E-state index is 12.4. The minimum absolute atomic E-state index is 0.0375. The Hall–Kier alpha value is -1.86. The van der Waals surface area contributed by atoms with Gasteiger partial charge in [0, 0.05) is 12.5 Å². The van der Waals surface area contributed by atoms with Crippen LogP contribution < -0.4 is 5.11 Å². The van der Waals surface area contributed by atoms with Gasteiger partial charge in [-0.05, 0) is 43.0 Å². The Morgan fingerprint density at radius 1 is 1.35 bits per heavy atom. The number of amides is 1. The molecule has 0 aromatic heterocycles. The van der Waals surface area contributed by atoms with Crippen molar-refractivity contribution in [3.63, 3.8) is 0 Å². The monoisotopic (exact) mass is 350 g/mol. The van der Waals surface area contributed by atoms with Crippen LogP contribution in [0.3, 0.4) is 0 Å². The molecule has 1 heterocycles. The number of aliphatic carboxylic acids is 1. The van der Waals surface area contributed by atoms with Gasteiger partial charge in [-0.25, -0.2) is 0 Å². The van der Waals surface area contributed by atoms with Crippen molar-refractivity contribution in [2.45, 2.75) is 25.7 Å². The molecule has 1 aliphatic rings. The van der Waals surface area contributed by atoms with E-state index >= 15 is 0 Å². The zero-order valence-corrected chi connectivity index (χ0v) is 14.0. The van der Waals surface area contributed by atoms with Gasteiger partial charge in [-0.1, -0.05) is 42.5 Å². The van der Waals surface area contributed by atoms with Crippen LogP contribution in [-0.2, 0) is 9.59 Å². The fraction of sp³-hybridized carbons (Fsp3) is 0.312. The van der Waals surface area contributed by atoms with E-state index in [4.69, 9.17) is 12.2 Å². The van der Waals surface area contributed by atoms with Gasteiger partial charge in [0.05, 0.1) is 4.91 Å². The Balaban J connectivity index is 1.93. The third-order valence-electron chi connectivity index (χ3n) is 3.30. The molecule has 0 saturated carbocycles. The lowest BCUT2D eigenvalue weighted by molar-refractivity contribution is -0.305. The molecule has 1 aromatic rings. The fourth-order valence-corrected chi connectivity index (χ4v) is 3.48.